The molecule has 4 heteroatoms. The van der Waals surface area contributed by atoms with Crippen LogP contribution in [-0.4, -0.2) is 13.2 Å². The zero-order chi connectivity index (χ0) is 19.6. The molecule has 0 aliphatic heterocycles. The van der Waals surface area contributed by atoms with Crippen LogP contribution in [0.4, 0.5) is 0 Å². The molecule has 1 aromatic rings. The van der Waals surface area contributed by atoms with Crippen molar-refractivity contribution in [1.82, 2.24) is 0 Å². The first kappa shape index (κ1) is 23.4. The molecular weight excluding hydrogens is 343 g/mol. The molecule has 0 aliphatic carbocycles. The van der Waals surface area contributed by atoms with Crippen LogP contribution >= 0.6 is 7.60 Å². The van der Waals surface area contributed by atoms with E-state index in [1.165, 1.54) is 0 Å². The fourth-order valence-corrected chi connectivity index (χ4v) is 4.97. The summed E-state index contributed by atoms with van der Waals surface area (Å²) in [6.07, 6.45) is 4.21. The smallest absolute Gasteiger partial charge is 0.305 e. The maximum absolute atomic E-state index is 13.6. The molecule has 0 bridgehead atoms. The summed E-state index contributed by atoms with van der Waals surface area (Å²) < 4.78 is 25.6. The van der Waals surface area contributed by atoms with E-state index in [0.29, 0.717) is 42.2 Å². The SMILES string of the molecule is CCC(COP(=O)(OCC(CC)CC(C)C)c1ccccc1)CC(C)C. The fourth-order valence-electron chi connectivity index (χ4n) is 3.24. The van der Waals surface area contributed by atoms with Gasteiger partial charge in [-0.2, -0.15) is 0 Å². The average Bonchev–Trinajstić information content (AvgIpc) is 2.62. The van der Waals surface area contributed by atoms with E-state index >= 15 is 0 Å². The maximum Gasteiger partial charge on any atom is 0.361 e. The molecular formula is C22H39O3P. The van der Waals surface area contributed by atoms with Crippen molar-refractivity contribution in [2.45, 2.75) is 67.2 Å². The predicted octanol–water partition coefficient (Wildman–Crippen LogP) is 6.68. The van der Waals surface area contributed by atoms with Crippen LogP contribution in [0.5, 0.6) is 0 Å². The van der Waals surface area contributed by atoms with Gasteiger partial charge in [0.25, 0.3) is 0 Å². The molecule has 26 heavy (non-hydrogen) atoms. The second-order valence-electron chi connectivity index (χ2n) is 8.23. The minimum Gasteiger partial charge on any atom is -0.305 e. The second-order valence-corrected chi connectivity index (χ2v) is 10.3. The first-order valence-corrected chi connectivity index (χ1v) is 11.8. The van der Waals surface area contributed by atoms with Gasteiger partial charge in [0, 0.05) is 0 Å². The Morgan fingerprint density at radius 1 is 0.808 bits per heavy atom. The van der Waals surface area contributed by atoms with Crippen molar-refractivity contribution in [3.8, 4) is 0 Å². The van der Waals surface area contributed by atoms with Crippen molar-refractivity contribution < 1.29 is 13.6 Å². The highest BCUT2D eigenvalue weighted by molar-refractivity contribution is 7.62. The molecule has 0 spiro atoms. The Morgan fingerprint density at radius 3 is 1.58 bits per heavy atom. The summed E-state index contributed by atoms with van der Waals surface area (Å²) in [5.74, 6) is 2.04. The topological polar surface area (TPSA) is 35.5 Å². The van der Waals surface area contributed by atoms with E-state index in [1.54, 1.807) is 0 Å². The van der Waals surface area contributed by atoms with Crippen molar-refractivity contribution in [2.75, 3.05) is 13.2 Å². The van der Waals surface area contributed by atoms with Gasteiger partial charge in [0.15, 0.2) is 0 Å². The lowest BCUT2D eigenvalue weighted by Gasteiger charge is -2.25. The first-order valence-electron chi connectivity index (χ1n) is 10.2. The zero-order valence-corrected chi connectivity index (χ0v) is 18.5. The quantitative estimate of drug-likeness (QED) is 0.357. The maximum atomic E-state index is 13.6. The van der Waals surface area contributed by atoms with Crippen LogP contribution in [0.25, 0.3) is 0 Å². The van der Waals surface area contributed by atoms with Crippen LogP contribution in [-0.2, 0) is 13.6 Å². The Labute approximate surface area is 161 Å². The van der Waals surface area contributed by atoms with Gasteiger partial charge < -0.3 is 9.05 Å². The summed E-state index contributed by atoms with van der Waals surface area (Å²) in [6, 6.07) is 9.42. The van der Waals surface area contributed by atoms with E-state index in [2.05, 4.69) is 41.5 Å². The Balaban J connectivity index is 2.85. The van der Waals surface area contributed by atoms with Crippen molar-refractivity contribution in [3.05, 3.63) is 30.3 Å². The minimum absolute atomic E-state index is 0.410. The molecule has 1 rings (SSSR count). The molecule has 0 fully saturated rings. The minimum atomic E-state index is -3.29. The Morgan fingerprint density at radius 2 is 1.23 bits per heavy atom. The van der Waals surface area contributed by atoms with Gasteiger partial charge in [0.1, 0.15) is 0 Å². The molecule has 150 valence electrons. The van der Waals surface area contributed by atoms with Gasteiger partial charge in [0.05, 0.1) is 18.5 Å². The van der Waals surface area contributed by atoms with E-state index < -0.39 is 7.60 Å². The molecule has 0 radical (unpaired) electrons. The van der Waals surface area contributed by atoms with E-state index in [4.69, 9.17) is 9.05 Å². The van der Waals surface area contributed by atoms with Crippen LogP contribution < -0.4 is 5.30 Å². The van der Waals surface area contributed by atoms with Crippen molar-refractivity contribution in [2.24, 2.45) is 23.7 Å². The molecule has 2 unspecified atom stereocenters. The van der Waals surface area contributed by atoms with Crippen LogP contribution in [0.1, 0.15) is 67.2 Å². The van der Waals surface area contributed by atoms with E-state index in [0.717, 1.165) is 25.7 Å². The standard InChI is InChI=1S/C22H39O3P/c1-7-20(14-18(3)4)16-24-26(23,22-12-10-9-11-13-22)25-17-21(8-2)15-19(5)6/h9-13,18-21H,7-8,14-17H2,1-6H3. The lowest BCUT2D eigenvalue weighted by Crippen LogP contribution is -2.19. The molecule has 2 atom stereocenters. The highest BCUT2D eigenvalue weighted by Gasteiger charge is 2.30. The molecule has 0 saturated heterocycles. The molecule has 0 aromatic heterocycles. The largest absolute Gasteiger partial charge is 0.361 e. The van der Waals surface area contributed by atoms with Gasteiger partial charge >= 0.3 is 7.60 Å². The van der Waals surface area contributed by atoms with Crippen molar-refractivity contribution in [1.29, 1.82) is 0 Å². The Kier molecular flexibility index (Phi) is 10.8. The summed E-state index contributed by atoms with van der Waals surface area (Å²) in [6.45, 7) is 14.2. The van der Waals surface area contributed by atoms with Crippen LogP contribution in [0.2, 0.25) is 0 Å². The van der Waals surface area contributed by atoms with Crippen LogP contribution in [0.15, 0.2) is 30.3 Å². The van der Waals surface area contributed by atoms with Crippen molar-refractivity contribution in [3.63, 3.8) is 0 Å². The molecule has 0 amide bonds. The molecule has 0 heterocycles. The summed E-state index contributed by atoms with van der Waals surface area (Å²) in [4.78, 5) is 0. The van der Waals surface area contributed by atoms with E-state index in [1.807, 2.05) is 30.3 Å². The van der Waals surface area contributed by atoms with E-state index in [-0.39, 0.29) is 0 Å². The highest BCUT2D eigenvalue weighted by atomic mass is 31.2. The lowest BCUT2D eigenvalue weighted by atomic mass is 9.96. The molecule has 0 aliphatic rings. The van der Waals surface area contributed by atoms with Gasteiger partial charge in [-0.1, -0.05) is 72.6 Å². The second kappa shape index (κ2) is 12.0. The van der Waals surface area contributed by atoms with Gasteiger partial charge in [-0.05, 0) is 48.6 Å². The Hall–Kier alpha value is -0.630. The van der Waals surface area contributed by atoms with Crippen LogP contribution in [0.3, 0.4) is 0 Å². The third kappa shape index (κ3) is 8.37. The van der Waals surface area contributed by atoms with Crippen molar-refractivity contribution >= 4 is 12.9 Å². The summed E-state index contributed by atoms with van der Waals surface area (Å²) in [7, 11) is -3.29. The van der Waals surface area contributed by atoms with Gasteiger partial charge in [-0.3, -0.25) is 4.57 Å². The summed E-state index contributed by atoms with van der Waals surface area (Å²) in [5, 5.41) is 0.666. The molecule has 3 nitrogen and oxygen atoms in total. The average molecular weight is 383 g/mol. The number of benzene rings is 1. The monoisotopic (exact) mass is 382 g/mol. The summed E-state index contributed by atoms with van der Waals surface area (Å²) in [5.41, 5.74) is 0. The molecule has 1 aromatic carbocycles. The Bertz CT molecular complexity index is 501. The predicted molar refractivity (Wildman–Crippen MR) is 112 cm³/mol. The first-order chi connectivity index (χ1) is 12.3. The number of rotatable bonds is 13. The normalized spacial score (nSPS) is 16.6. The third-order valence-corrected chi connectivity index (χ3v) is 6.71. The zero-order valence-electron chi connectivity index (χ0n) is 17.6. The van der Waals surface area contributed by atoms with E-state index in [9.17, 15) is 4.57 Å². The molecule has 0 saturated carbocycles. The van der Waals surface area contributed by atoms with Gasteiger partial charge in [-0.15, -0.1) is 0 Å². The van der Waals surface area contributed by atoms with Gasteiger partial charge in [0.2, 0.25) is 0 Å². The summed E-state index contributed by atoms with van der Waals surface area (Å²) >= 11 is 0. The van der Waals surface area contributed by atoms with Gasteiger partial charge in [-0.25, -0.2) is 0 Å². The third-order valence-electron chi connectivity index (χ3n) is 4.80. The highest BCUT2D eigenvalue weighted by Crippen LogP contribution is 2.48. The number of hydrogen-bond acceptors (Lipinski definition) is 3. The van der Waals surface area contributed by atoms with Crippen LogP contribution in [0, 0.1) is 23.7 Å². The lowest BCUT2D eigenvalue weighted by molar-refractivity contribution is 0.151. The fraction of sp³-hybridized carbons (Fsp3) is 0.727. The number of hydrogen-bond donors (Lipinski definition) is 0. The molecule has 0 N–H and O–H groups in total.